The molecule has 4 fully saturated rings. The Hall–Kier alpha value is -1.01. The third-order valence-electron chi connectivity index (χ3n) is 9.18. The molecule has 28 heavy (non-hydrogen) atoms. The maximum atomic E-state index is 12.6. The second-order valence-electron chi connectivity index (χ2n) is 9.95. The summed E-state index contributed by atoms with van der Waals surface area (Å²) in [4.78, 5) is 24.8. The Labute approximate surface area is 169 Å². The Bertz CT molecular complexity index is 863. The highest BCUT2D eigenvalue weighted by atomic mass is 35.5. The topological polar surface area (TPSA) is 87.1 Å². The van der Waals surface area contributed by atoms with Crippen LogP contribution in [0.2, 0.25) is 0 Å². The smallest absolute Gasteiger partial charge is 0.196 e. The van der Waals surface area contributed by atoms with Gasteiger partial charge in [0.25, 0.3) is 0 Å². The van der Waals surface area contributed by atoms with Gasteiger partial charge in [-0.3, -0.25) is 9.59 Å². The summed E-state index contributed by atoms with van der Waals surface area (Å²) in [6.45, 7) is 5.39. The van der Waals surface area contributed by atoms with Crippen molar-refractivity contribution in [2.24, 2.45) is 28.6 Å². The number of aliphatic hydroxyl groups excluding tert-OH is 1. The highest BCUT2D eigenvalue weighted by Gasteiger charge is 2.82. The molecule has 6 heteroatoms. The van der Waals surface area contributed by atoms with Crippen molar-refractivity contribution in [1.29, 1.82) is 0 Å². The van der Waals surface area contributed by atoms with Gasteiger partial charge in [0.05, 0.1) is 11.1 Å². The van der Waals surface area contributed by atoms with E-state index in [0.29, 0.717) is 11.5 Å². The number of hydrogen-bond acceptors (Lipinski definition) is 5. The van der Waals surface area contributed by atoms with E-state index in [1.54, 1.807) is 6.08 Å². The van der Waals surface area contributed by atoms with Crippen LogP contribution in [0.1, 0.15) is 46.5 Å². The van der Waals surface area contributed by atoms with Crippen LogP contribution in [0.4, 0.5) is 0 Å². The molecule has 0 aromatic heterocycles. The van der Waals surface area contributed by atoms with Crippen molar-refractivity contribution in [1.82, 2.24) is 0 Å². The number of fused-ring (bicyclic) bond motifs is 3. The molecule has 152 valence electrons. The molecule has 8 atom stereocenters. The number of halogens is 1. The summed E-state index contributed by atoms with van der Waals surface area (Å²) in [6.07, 6.45) is 6.30. The van der Waals surface area contributed by atoms with Crippen molar-refractivity contribution in [2.45, 2.75) is 63.8 Å². The summed E-state index contributed by atoms with van der Waals surface area (Å²) in [7, 11) is 0. The number of hydrogen-bond donors (Lipinski definition) is 2. The number of carbonyl (C=O) groups excluding carboxylic acids is 2. The van der Waals surface area contributed by atoms with Crippen molar-refractivity contribution in [2.75, 3.05) is 6.61 Å². The van der Waals surface area contributed by atoms with E-state index < -0.39 is 34.4 Å². The van der Waals surface area contributed by atoms with Crippen LogP contribution in [0, 0.1) is 28.6 Å². The minimum Gasteiger partial charge on any atom is -0.388 e. The predicted molar refractivity (Wildman–Crippen MR) is 102 cm³/mol. The van der Waals surface area contributed by atoms with Crippen LogP contribution in [0.5, 0.6) is 0 Å². The monoisotopic (exact) mass is 406 g/mol. The number of Topliss-reactive ketones (excluding diaryl/α,β-unsaturated/α-hetero) is 1. The lowest BCUT2D eigenvalue weighted by atomic mass is 9.46. The van der Waals surface area contributed by atoms with Crippen LogP contribution >= 0.6 is 11.6 Å². The maximum Gasteiger partial charge on any atom is 0.196 e. The minimum absolute atomic E-state index is 0.0929. The molecule has 1 aliphatic heterocycles. The third-order valence-corrected chi connectivity index (χ3v) is 9.59. The zero-order valence-electron chi connectivity index (χ0n) is 16.5. The Morgan fingerprint density at radius 2 is 2.07 bits per heavy atom. The summed E-state index contributed by atoms with van der Waals surface area (Å²) in [6, 6.07) is 0. The van der Waals surface area contributed by atoms with Crippen molar-refractivity contribution in [3.05, 3.63) is 22.8 Å². The fourth-order valence-corrected chi connectivity index (χ4v) is 8.13. The third kappa shape index (κ3) is 1.78. The summed E-state index contributed by atoms with van der Waals surface area (Å²) in [5, 5.41) is 21.4. The number of epoxide rings is 1. The van der Waals surface area contributed by atoms with Crippen LogP contribution in [-0.4, -0.2) is 45.7 Å². The maximum absolute atomic E-state index is 12.6. The van der Waals surface area contributed by atoms with E-state index in [-0.39, 0.29) is 29.6 Å². The molecule has 5 nitrogen and oxygen atoms in total. The van der Waals surface area contributed by atoms with E-state index in [9.17, 15) is 19.8 Å². The summed E-state index contributed by atoms with van der Waals surface area (Å²) in [5.41, 5.74) is -2.04. The quantitative estimate of drug-likeness (QED) is 0.688. The highest BCUT2D eigenvalue weighted by Crippen LogP contribution is 2.76. The van der Waals surface area contributed by atoms with Gasteiger partial charge < -0.3 is 14.9 Å². The summed E-state index contributed by atoms with van der Waals surface area (Å²) in [5.74, 6) is -0.542. The minimum atomic E-state index is -1.53. The highest BCUT2D eigenvalue weighted by molar-refractivity contribution is 6.45. The van der Waals surface area contributed by atoms with Gasteiger partial charge >= 0.3 is 0 Å². The zero-order valence-corrected chi connectivity index (χ0v) is 17.3. The molecular formula is C22H27ClO5. The summed E-state index contributed by atoms with van der Waals surface area (Å²) < 4.78 is 6.43. The molecule has 0 bridgehead atoms. The van der Waals surface area contributed by atoms with E-state index in [1.165, 1.54) is 0 Å². The molecule has 3 saturated carbocycles. The molecule has 5 aliphatic rings. The first-order valence-electron chi connectivity index (χ1n) is 10.2. The molecule has 4 aliphatic carbocycles. The molecule has 1 saturated heterocycles. The summed E-state index contributed by atoms with van der Waals surface area (Å²) >= 11 is 6.42. The van der Waals surface area contributed by atoms with Crippen LogP contribution in [0.15, 0.2) is 22.8 Å². The van der Waals surface area contributed by atoms with Crippen LogP contribution in [0.25, 0.3) is 0 Å². The lowest BCUT2D eigenvalue weighted by molar-refractivity contribution is -0.165. The second-order valence-corrected chi connectivity index (χ2v) is 10.3. The van der Waals surface area contributed by atoms with Crippen molar-refractivity contribution < 1.29 is 24.5 Å². The van der Waals surface area contributed by atoms with Crippen molar-refractivity contribution >= 4 is 23.2 Å². The molecule has 1 heterocycles. The Kier molecular flexibility index (Phi) is 3.64. The van der Waals surface area contributed by atoms with E-state index in [1.807, 2.05) is 19.9 Å². The average molecular weight is 407 g/mol. The Morgan fingerprint density at radius 3 is 2.75 bits per heavy atom. The molecule has 0 aromatic rings. The standard InChI is InChI=1S/C22H27ClO5/c1-11-8-14-12-4-5-13-18(23)15(25)6-7-19(13,2)22(12)17(28-22)9-20(14,3)21(11,27)16(26)10-24/h6-7,11-12,14,17,24,27H,4-5,8-10H2,1-3H3/t11?,12-,14-,17?,19-,20-,21-,22-/m0/s1. The van der Waals surface area contributed by atoms with E-state index in [2.05, 4.69) is 6.92 Å². The molecule has 2 N–H and O–H groups in total. The first kappa shape index (κ1) is 19.0. The number of aliphatic hydroxyl groups is 2. The van der Waals surface area contributed by atoms with Gasteiger partial charge in [-0.15, -0.1) is 0 Å². The van der Waals surface area contributed by atoms with E-state index in [4.69, 9.17) is 16.3 Å². The van der Waals surface area contributed by atoms with E-state index >= 15 is 0 Å². The van der Waals surface area contributed by atoms with Crippen molar-refractivity contribution in [3.8, 4) is 0 Å². The number of rotatable bonds is 2. The lowest BCUT2D eigenvalue weighted by Gasteiger charge is -2.55. The van der Waals surface area contributed by atoms with Crippen LogP contribution < -0.4 is 0 Å². The van der Waals surface area contributed by atoms with Gasteiger partial charge in [-0.2, -0.15) is 0 Å². The second kappa shape index (κ2) is 5.37. The van der Waals surface area contributed by atoms with Gasteiger partial charge in [-0.05, 0) is 62.0 Å². The average Bonchev–Trinajstić information content (AvgIpc) is 3.34. The fourth-order valence-electron chi connectivity index (χ4n) is 7.78. The first-order chi connectivity index (χ1) is 13.1. The number of ether oxygens (including phenoxy) is 1. The van der Waals surface area contributed by atoms with Gasteiger partial charge in [0.15, 0.2) is 11.6 Å². The van der Waals surface area contributed by atoms with Gasteiger partial charge in [-0.1, -0.05) is 31.5 Å². The number of carbonyl (C=O) groups is 2. The molecular weight excluding hydrogens is 380 g/mol. The molecule has 1 spiro atoms. The van der Waals surface area contributed by atoms with Gasteiger partial charge in [0.1, 0.15) is 17.8 Å². The Balaban J connectivity index is 1.61. The van der Waals surface area contributed by atoms with E-state index in [0.717, 1.165) is 24.8 Å². The zero-order chi connectivity index (χ0) is 20.3. The Morgan fingerprint density at radius 1 is 1.36 bits per heavy atom. The lowest BCUT2D eigenvalue weighted by Crippen LogP contribution is -2.62. The normalized spacial score (nSPS) is 54.0. The van der Waals surface area contributed by atoms with Gasteiger partial charge in [-0.25, -0.2) is 0 Å². The first-order valence-corrected chi connectivity index (χ1v) is 10.6. The largest absolute Gasteiger partial charge is 0.388 e. The fraction of sp³-hybridized carbons (Fsp3) is 0.727. The number of ketones is 2. The van der Waals surface area contributed by atoms with Crippen LogP contribution in [-0.2, 0) is 14.3 Å². The predicted octanol–water partition coefficient (Wildman–Crippen LogP) is 2.53. The van der Waals surface area contributed by atoms with Crippen molar-refractivity contribution in [3.63, 3.8) is 0 Å². The molecule has 0 radical (unpaired) electrons. The molecule has 0 aromatic carbocycles. The molecule has 5 rings (SSSR count). The molecule has 0 amide bonds. The molecule has 2 unspecified atom stereocenters. The number of allylic oxidation sites excluding steroid dienone is 2. The van der Waals surface area contributed by atoms with Gasteiger partial charge in [0, 0.05) is 10.8 Å². The SMILES string of the molecule is CC1C[C@H]2[C@@H]3CCC4=C(Cl)C(=O)C=C[C@]4(C)[C@]34OC4C[C@]2(C)[C@@]1(O)C(=O)CO. The van der Waals surface area contributed by atoms with Crippen LogP contribution in [0.3, 0.4) is 0 Å². The van der Waals surface area contributed by atoms with Gasteiger partial charge in [0.2, 0.25) is 0 Å².